The van der Waals surface area contributed by atoms with E-state index < -0.39 is 5.63 Å². The highest BCUT2D eigenvalue weighted by Crippen LogP contribution is 2.45. The summed E-state index contributed by atoms with van der Waals surface area (Å²) in [6, 6.07) is 7.24. The van der Waals surface area contributed by atoms with Crippen molar-refractivity contribution < 1.29 is 9.15 Å². The molecule has 1 aliphatic rings. The molecule has 0 saturated heterocycles. The summed E-state index contributed by atoms with van der Waals surface area (Å²) in [5, 5.41) is 0.738. The van der Waals surface area contributed by atoms with Gasteiger partial charge in [-0.3, -0.25) is 0 Å². The van der Waals surface area contributed by atoms with Crippen LogP contribution in [-0.2, 0) is 0 Å². The highest BCUT2D eigenvalue weighted by atomic mass is 16.5. The molecule has 6 heteroatoms. The lowest BCUT2D eigenvalue weighted by Gasteiger charge is -2.24. The Morgan fingerprint density at radius 1 is 1.19 bits per heavy atom. The van der Waals surface area contributed by atoms with Crippen molar-refractivity contribution in [2.24, 2.45) is 0 Å². The quantitative estimate of drug-likeness (QED) is 0.636. The molecule has 1 unspecified atom stereocenters. The molecule has 3 aromatic rings. The molecule has 0 aliphatic carbocycles. The van der Waals surface area contributed by atoms with E-state index in [1.807, 2.05) is 19.1 Å². The van der Waals surface area contributed by atoms with E-state index in [0.717, 1.165) is 5.39 Å². The fourth-order valence-corrected chi connectivity index (χ4v) is 2.74. The zero-order valence-electron chi connectivity index (χ0n) is 11.2. The zero-order chi connectivity index (χ0) is 14.6. The van der Waals surface area contributed by atoms with Gasteiger partial charge in [0.25, 0.3) is 0 Å². The van der Waals surface area contributed by atoms with E-state index in [2.05, 4.69) is 9.97 Å². The van der Waals surface area contributed by atoms with Gasteiger partial charge in [-0.2, -0.15) is 0 Å². The number of para-hydroxylation sites is 1. The van der Waals surface area contributed by atoms with Crippen molar-refractivity contribution in [2.45, 2.75) is 12.8 Å². The summed E-state index contributed by atoms with van der Waals surface area (Å²) in [6.45, 7) is 1.87. The largest absolute Gasteiger partial charge is 0.437 e. The fraction of sp³-hybridized carbons (Fsp3) is 0.133. The van der Waals surface area contributed by atoms with Gasteiger partial charge in [0, 0.05) is 5.92 Å². The summed E-state index contributed by atoms with van der Waals surface area (Å²) >= 11 is 0. The third-order valence-corrected chi connectivity index (χ3v) is 3.74. The lowest BCUT2D eigenvalue weighted by Crippen LogP contribution is -2.20. The smallest absolute Gasteiger partial charge is 0.343 e. The molecule has 2 aromatic heterocycles. The number of nitrogens with two attached hydrogens (primary N) is 1. The van der Waals surface area contributed by atoms with E-state index in [1.165, 1.54) is 6.33 Å². The van der Waals surface area contributed by atoms with E-state index in [1.54, 1.807) is 12.1 Å². The number of rotatable bonds is 0. The lowest BCUT2D eigenvalue weighted by molar-refractivity contribution is 0.419. The number of nitrogens with zero attached hydrogens (tertiary/aromatic N) is 2. The van der Waals surface area contributed by atoms with Gasteiger partial charge >= 0.3 is 5.63 Å². The van der Waals surface area contributed by atoms with Gasteiger partial charge in [0.2, 0.25) is 5.88 Å². The van der Waals surface area contributed by atoms with Crippen LogP contribution in [0.1, 0.15) is 24.0 Å². The van der Waals surface area contributed by atoms with Crippen LogP contribution in [0.3, 0.4) is 0 Å². The van der Waals surface area contributed by atoms with Crippen molar-refractivity contribution in [3.05, 3.63) is 52.1 Å². The van der Waals surface area contributed by atoms with E-state index in [-0.39, 0.29) is 5.92 Å². The summed E-state index contributed by atoms with van der Waals surface area (Å²) < 4.78 is 11.2. The fourth-order valence-electron chi connectivity index (χ4n) is 2.74. The second-order valence-electron chi connectivity index (χ2n) is 4.93. The molecule has 0 bridgehead atoms. The van der Waals surface area contributed by atoms with Gasteiger partial charge in [-0.15, -0.1) is 0 Å². The number of nitrogen functional groups attached to an aromatic ring is 1. The average Bonchev–Trinajstić information content (AvgIpc) is 2.47. The Balaban J connectivity index is 2.10. The SMILES string of the molecule is CC1c2c(N)ncnc2Oc2c1c(=O)oc1ccccc21. The van der Waals surface area contributed by atoms with Crippen LogP contribution in [0.2, 0.25) is 0 Å². The first kappa shape index (κ1) is 11.9. The van der Waals surface area contributed by atoms with Crippen molar-refractivity contribution in [2.75, 3.05) is 5.73 Å². The maximum Gasteiger partial charge on any atom is 0.343 e. The maximum absolute atomic E-state index is 12.3. The minimum absolute atomic E-state index is 0.286. The molecule has 104 valence electrons. The molecule has 3 heterocycles. The third-order valence-electron chi connectivity index (χ3n) is 3.74. The number of ether oxygens (including phenoxy) is 1. The molecule has 1 atom stereocenters. The Hall–Kier alpha value is -2.89. The Kier molecular flexibility index (Phi) is 2.29. The second-order valence-corrected chi connectivity index (χ2v) is 4.93. The monoisotopic (exact) mass is 281 g/mol. The second kappa shape index (κ2) is 4.05. The normalized spacial score (nSPS) is 16.1. The van der Waals surface area contributed by atoms with Crippen LogP contribution >= 0.6 is 0 Å². The first-order valence-electron chi connectivity index (χ1n) is 6.50. The zero-order valence-corrected chi connectivity index (χ0v) is 11.2. The van der Waals surface area contributed by atoms with Gasteiger partial charge in [0.1, 0.15) is 17.7 Å². The van der Waals surface area contributed by atoms with Gasteiger partial charge in [0.05, 0.1) is 16.5 Å². The summed E-state index contributed by atoms with van der Waals surface area (Å²) in [5.74, 6) is 0.898. The number of aromatic nitrogens is 2. The number of fused-ring (bicyclic) bond motifs is 4. The maximum atomic E-state index is 12.3. The number of anilines is 1. The van der Waals surface area contributed by atoms with Crippen molar-refractivity contribution in [1.82, 2.24) is 9.97 Å². The summed E-state index contributed by atoms with van der Waals surface area (Å²) in [5.41, 5.74) is 7.01. The van der Waals surface area contributed by atoms with Gasteiger partial charge in [0.15, 0.2) is 5.75 Å². The molecule has 21 heavy (non-hydrogen) atoms. The Morgan fingerprint density at radius 3 is 2.86 bits per heavy atom. The Labute approximate surface area is 119 Å². The van der Waals surface area contributed by atoms with Crippen molar-refractivity contribution in [3.8, 4) is 11.6 Å². The van der Waals surface area contributed by atoms with E-state index in [4.69, 9.17) is 14.9 Å². The average molecular weight is 281 g/mol. The predicted octanol–water partition coefficient (Wildman–Crippen LogP) is 2.42. The van der Waals surface area contributed by atoms with Crippen molar-refractivity contribution >= 4 is 16.8 Å². The minimum Gasteiger partial charge on any atom is -0.437 e. The number of hydrogen-bond donors (Lipinski definition) is 1. The molecule has 0 saturated carbocycles. The standard InChI is InChI=1S/C15H11N3O3/c1-7-10-12(21-14-11(7)13(16)17-6-18-14)8-4-2-3-5-9(8)20-15(10)19/h2-7H,1H3,(H2,16,17,18). The molecular weight excluding hydrogens is 270 g/mol. The highest BCUT2D eigenvalue weighted by molar-refractivity contribution is 5.86. The van der Waals surface area contributed by atoms with Crippen LogP contribution in [-0.4, -0.2) is 9.97 Å². The van der Waals surface area contributed by atoms with Crippen LogP contribution in [0.25, 0.3) is 11.0 Å². The Morgan fingerprint density at radius 2 is 2.00 bits per heavy atom. The molecule has 4 rings (SSSR count). The minimum atomic E-state index is -0.426. The molecular formula is C15H11N3O3. The summed E-state index contributed by atoms with van der Waals surface area (Å²) in [7, 11) is 0. The van der Waals surface area contributed by atoms with Crippen LogP contribution in [0, 0.1) is 0 Å². The number of benzene rings is 1. The molecule has 1 aliphatic heterocycles. The summed E-state index contributed by atoms with van der Waals surface area (Å²) in [6.07, 6.45) is 1.35. The molecule has 0 amide bonds. The third kappa shape index (κ3) is 1.56. The predicted molar refractivity (Wildman–Crippen MR) is 76.5 cm³/mol. The highest BCUT2D eigenvalue weighted by Gasteiger charge is 2.32. The first-order valence-corrected chi connectivity index (χ1v) is 6.50. The van der Waals surface area contributed by atoms with E-state index in [9.17, 15) is 4.79 Å². The molecule has 6 nitrogen and oxygen atoms in total. The molecule has 0 fully saturated rings. The first-order chi connectivity index (χ1) is 10.2. The van der Waals surface area contributed by atoms with Gasteiger partial charge in [-0.1, -0.05) is 19.1 Å². The Bertz CT molecular complexity index is 933. The topological polar surface area (TPSA) is 91.2 Å². The van der Waals surface area contributed by atoms with Gasteiger partial charge in [-0.25, -0.2) is 14.8 Å². The lowest BCUT2D eigenvalue weighted by atomic mass is 9.91. The van der Waals surface area contributed by atoms with Crippen molar-refractivity contribution in [3.63, 3.8) is 0 Å². The van der Waals surface area contributed by atoms with E-state index in [0.29, 0.717) is 34.2 Å². The van der Waals surface area contributed by atoms with Crippen molar-refractivity contribution in [1.29, 1.82) is 0 Å². The molecule has 0 spiro atoms. The van der Waals surface area contributed by atoms with Gasteiger partial charge < -0.3 is 14.9 Å². The number of hydrogen-bond acceptors (Lipinski definition) is 6. The molecule has 2 N–H and O–H groups in total. The molecule has 1 aromatic carbocycles. The van der Waals surface area contributed by atoms with Gasteiger partial charge in [-0.05, 0) is 12.1 Å². The van der Waals surface area contributed by atoms with Crippen LogP contribution in [0.15, 0.2) is 39.8 Å². The molecule has 0 radical (unpaired) electrons. The van der Waals surface area contributed by atoms with E-state index >= 15 is 0 Å². The summed E-state index contributed by atoms with van der Waals surface area (Å²) in [4.78, 5) is 20.4. The van der Waals surface area contributed by atoms with Crippen LogP contribution in [0.4, 0.5) is 5.82 Å². The van der Waals surface area contributed by atoms with Crippen LogP contribution < -0.4 is 16.1 Å². The van der Waals surface area contributed by atoms with Crippen LogP contribution in [0.5, 0.6) is 11.6 Å².